The number of sulfone groups is 2. The maximum atomic E-state index is 14.9. The lowest BCUT2D eigenvalue weighted by Crippen LogP contribution is -2.53. The molecule has 3 aliphatic rings. The van der Waals surface area contributed by atoms with Gasteiger partial charge in [-0.2, -0.15) is 26.3 Å². The fraction of sp³-hybridized carbons (Fsp3) is 0.500. The van der Waals surface area contributed by atoms with Gasteiger partial charge in [0.2, 0.25) is 5.91 Å². The van der Waals surface area contributed by atoms with Gasteiger partial charge < -0.3 is 4.90 Å². The minimum atomic E-state index is -6.38. The van der Waals surface area contributed by atoms with Crippen LogP contribution >= 0.6 is 0 Å². The Balaban J connectivity index is 1.68. The van der Waals surface area contributed by atoms with Gasteiger partial charge in [-0.25, -0.2) is 25.6 Å². The number of hydrogen-bond donors (Lipinski definition) is 0. The van der Waals surface area contributed by atoms with Gasteiger partial charge in [-0.1, -0.05) is 18.2 Å². The van der Waals surface area contributed by atoms with Crippen molar-refractivity contribution in [3.63, 3.8) is 0 Å². The minimum absolute atomic E-state index is 0.00944. The van der Waals surface area contributed by atoms with Gasteiger partial charge in [0.05, 0.1) is 28.4 Å². The van der Waals surface area contributed by atoms with Crippen molar-refractivity contribution in [2.75, 3.05) is 18.1 Å². The molecule has 16 heteroatoms. The molecular weight excluding hydrogens is 622 g/mol. The predicted octanol–water partition coefficient (Wildman–Crippen LogP) is 4.77. The van der Waals surface area contributed by atoms with E-state index < -0.39 is 82.3 Å². The summed E-state index contributed by atoms with van der Waals surface area (Å²) in [4.78, 5) is 14.3. The van der Waals surface area contributed by atoms with E-state index in [1.165, 1.54) is 4.90 Å². The SMILES string of the molecule is O=C(C1CCS(=O)(=O)C1)N1CC[C@]2(S(=O)(=O)c3ccc(F)cc3)c3ccc(C(F)(C(F)(F)F)C(F)(F)F)cc3CC[C@H]12. The lowest BCUT2D eigenvalue weighted by molar-refractivity contribution is -0.348. The van der Waals surface area contributed by atoms with Crippen molar-refractivity contribution in [3.05, 3.63) is 65.0 Å². The zero-order valence-corrected chi connectivity index (χ0v) is 23.1. The Kier molecular flexibility index (Phi) is 7.04. The average Bonchev–Trinajstić information content (AvgIpc) is 3.47. The number of halogens is 8. The molecule has 0 spiro atoms. The number of alkyl halides is 7. The van der Waals surface area contributed by atoms with Crippen molar-refractivity contribution >= 4 is 25.6 Å². The summed E-state index contributed by atoms with van der Waals surface area (Å²) in [5.41, 5.74) is -7.98. The molecule has 1 unspecified atom stereocenters. The number of fused-ring (bicyclic) bond motifs is 3. The summed E-state index contributed by atoms with van der Waals surface area (Å²) in [6, 6.07) is 3.77. The summed E-state index contributed by atoms with van der Waals surface area (Å²) < 4.78 is 160. The van der Waals surface area contributed by atoms with E-state index in [0.29, 0.717) is 6.07 Å². The maximum Gasteiger partial charge on any atom is 0.435 e. The van der Waals surface area contributed by atoms with E-state index in [1.54, 1.807) is 0 Å². The lowest BCUT2D eigenvalue weighted by atomic mass is 9.76. The number of nitrogens with zero attached hydrogens (tertiary/aromatic N) is 1. The topological polar surface area (TPSA) is 88.6 Å². The first-order chi connectivity index (χ1) is 19.3. The van der Waals surface area contributed by atoms with Crippen LogP contribution in [0.5, 0.6) is 0 Å². The van der Waals surface area contributed by atoms with Crippen molar-refractivity contribution in [1.82, 2.24) is 4.90 Å². The zero-order chi connectivity index (χ0) is 31.1. The quantitative estimate of drug-likeness (QED) is 0.354. The van der Waals surface area contributed by atoms with Crippen LogP contribution in [0.4, 0.5) is 35.1 Å². The van der Waals surface area contributed by atoms with Crippen molar-refractivity contribution in [2.24, 2.45) is 5.92 Å². The summed E-state index contributed by atoms with van der Waals surface area (Å²) in [5.74, 6) is -3.04. The third-order valence-electron chi connectivity index (χ3n) is 8.53. The second kappa shape index (κ2) is 9.63. The number of carbonyl (C=O) groups is 1. The number of benzene rings is 2. The summed E-state index contributed by atoms with van der Waals surface area (Å²) in [7, 11) is -8.13. The molecule has 5 rings (SSSR count). The first-order valence-electron chi connectivity index (χ1n) is 12.7. The highest BCUT2D eigenvalue weighted by Gasteiger charge is 2.74. The minimum Gasteiger partial charge on any atom is -0.337 e. The van der Waals surface area contributed by atoms with Gasteiger partial charge >= 0.3 is 18.0 Å². The molecule has 230 valence electrons. The van der Waals surface area contributed by atoms with Crippen LogP contribution in [0.1, 0.15) is 36.0 Å². The monoisotopic (exact) mass is 645 g/mol. The van der Waals surface area contributed by atoms with Crippen LogP contribution in [-0.4, -0.2) is 64.1 Å². The molecular formula is C26H23F8NO5S2. The molecule has 42 heavy (non-hydrogen) atoms. The van der Waals surface area contributed by atoms with Crippen molar-refractivity contribution in [2.45, 2.75) is 59.4 Å². The molecule has 0 aromatic heterocycles. The lowest BCUT2D eigenvalue weighted by Gasteiger charge is -2.43. The summed E-state index contributed by atoms with van der Waals surface area (Å²) >= 11 is 0. The van der Waals surface area contributed by atoms with Gasteiger partial charge in [0.1, 0.15) is 10.6 Å². The smallest absolute Gasteiger partial charge is 0.337 e. The second-order valence-electron chi connectivity index (χ2n) is 10.8. The fourth-order valence-electron chi connectivity index (χ4n) is 6.54. The molecule has 3 atom stereocenters. The molecule has 0 radical (unpaired) electrons. The van der Waals surface area contributed by atoms with Gasteiger partial charge in [-0.05, 0) is 61.1 Å². The van der Waals surface area contributed by atoms with Crippen LogP contribution in [0, 0.1) is 11.7 Å². The molecule has 2 fully saturated rings. The van der Waals surface area contributed by atoms with Crippen LogP contribution in [0.2, 0.25) is 0 Å². The standard InChI is InChI=1S/C26H23F8NO5S2/c27-18-3-5-19(6-4-18)42(39,40)23-10-11-35(22(36)16-9-12-41(37,38)14-16)21(23)8-1-15-13-17(2-7-20(15)23)24(28,25(29,30)31)26(32,33)34/h2-7,13,16,21H,1,8-12,14H2/t16?,21-,23-/m0/s1. The van der Waals surface area contributed by atoms with Gasteiger partial charge in [-0.3, -0.25) is 4.79 Å². The molecule has 2 saturated heterocycles. The second-order valence-corrected chi connectivity index (χ2v) is 15.2. The third kappa shape index (κ3) is 4.42. The van der Waals surface area contributed by atoms with Crippen LogP contribution < -0.4 is 0 Å². The highest BCUT2D eigenvalue weighted by atomic mass is 32.2. The van der Waals surface area contributed by atoms with E-state index in [-0.39, 0.29) is 55.2 Å². The highest BCUT2D eigenvalue weighted by molar-refractivity contribution is 7.92. The molecule has 1 amide bonds. The molecule has 0 saturated carbocycles. The molecule has 2 heterocycles. The zero-order valence-electron chi connectivity index (χ0n) is 21.5. The Morgan fingerprint density at radius 1 is 0.929 bits per heavy atom. The molecule has 2 aliphatic heterocycles. The third-order valence-corrected chi connectivity index (χ3v) is 12.9. The molecule has 2 aromatic carbocycles. The molecule has 2 aromatic rings. The first-order valence-corrected chi connectivity index (χ1v) is 16.0. The maximum absolute atomic E-state index is 14.9. The van der Waals surface area contributed by atoms with Gasteiger partial charge in [0.15, 0.2) is 19.7 Å². The van der Waals surface area contributed by atoms with Crippen molar-refractivity contribution in [1.29, 1.82) is 0 Å². The van der Waals surface area contributed by atoms with E-state index >= 15 is 0 Å². The molecule has 1 aliphatic carbocycles. The normalized spacial score (nSPS) is 26.1. The van der Waals surface area contributed by atoms with E-state index in [4.69, 9.17) is 0 Å². The first kappa shape index (κ1) is 30.7. The molecule has 0 bridgehead atoms. The van der Waals surface area contributed by atoms with Gasteiger partial charge in [-0.15, -0.1) is 0 Å². The van der Waals surface area contributed by atoms with Gasteiger partial charge in [0.25, 0.3) is 0 Å². The van der Waals surface area contributed by atoms with E-state index in [0.717, 1.165) is 30.3 Å². The largest absolute Gasteiger partial charge is 0.435 e. The van der Waals surface area contributed by atoms with E-state index in [1.807, 2.05) is 0 Å². The summed E-state index contributed by atoms with van der Waals surface area (Å²) in [6.07, 6.45) is -13.6. The van der Waals surface area contributed by atoms with E-state index in [2.05, 4.69) is 0 Å². The Hall–Kier alpha value is -2.75. The van der Waals surface area contributed by atoms with Crippen molar-refractivity contribution < 1.29 is 56.8 Å². The molecule has 0 N–H and O–H groups in total. The Bertz CT molecular complexity index is 1620. The number of hydrogen-bond acceptors (Lipinski definition) is 5. The number of aryl methyl sites for hydroxylation is 1. The fourth-order valence-corrected chi connectivity index (χ4v) is 10.6. The number of rotatable bonds is 4. The van der Waals surface area contributed by atoms with E-state index in [9.17, 15) is 56.8 Å². The van der Waals surface area contributed by atoms with Crippen LogP contribution in [-0.2, 0) is 41.3 Å². The van der Waals surface area contributed by atoms with Crippen LogP contribution in [0.3, 0.4) is 0 Å². The van der Waals surface area contributed by atoms with Gasteiger partial charge in [0, 0.05) is 12.1 Å². The highest BCUT2D eigenvalue weighted by Crippen LogP contribution is 2.57. The van der Waals surface area contributed by atoms with Crippen LogP contribution in [0.25, 0.3) is 0 Å². The van der Waals surface area contributed by atoms with Crippen molar-refractivity contribution in [3.8, 4) is 0 Å². The number of carbonyl (C=O) groups excluding carboxylic acids is 1. The van der Waals surface area contributed by atoms with Crippen LogP contribution in [0.15, 0.2) is 47.4 Å². The molecule has 6 nitrogen and oxygen atoms in total. The Morgan fingerprint density at radius 2 is 1.55 bits per heavy atom. The average molecular weight is 646 g/mol. The summed E-state index contributed by atoms with van der Waals surface area (Å²) in [6.45, 7) is -0.209. The summed E-state index contributed by atoms with van der Waals surface area (Å²) in [5, 5.41) is 0. The Morgan fingerprint density at radius 3 is 2.10 bits per heavy atom. The Labute approximate surface area is 235 Å². The number of amides is 1. The predicted molar refractivity (Wildman–Crippen MR) is 132 cm³/mol. The number of likely N-dealkylation sites (tertiary alicyclic amines) is 1.